The molecular formula is C13H24N6O2. The smallest absolute Gasteiger partial charge is 0.323 e. The van der Waals surface area contributed by atoms with Crippen LogP contribution in [0.5, 0.6) is 6.01 Å². The summed E-state index contributed by atoms with van der Waals surface area (Å²) in [7, 11) is 1.72. The van der Waals surface area contributed by atoms with Gasteiger partial charge < -0.3 is 20.7 Å². The maximum Gasteiger partial charge on any atom is 0.323 e. The first kappa shape index (κ1) is 16.9. The summed E-state index contributed by atoms with van der Waals surface area (Å²) >= 11 is 0. The van der Waals surface area contributed by atoms with Gasteiger partial charge in [-0.05, 0) is 20.3 Å². The molecule has 1 heterocycles. The Morgan fingerprint density at radius 1 is 1.24 bits per heavy atom. The van der Waals surface area contributed by atoms with Crippen LogP contribution < -0.4 is 20.7 Å². The fourth-order valence-corrected chi connectivity index (χ4v) is 1.49. The van der Waals surface area contributed by atoms with Crippen molar-refractivity contribution in [2.24, 2.45) is 0 Å². The molecule has 1 amide bonds. The van der Waals surface area contributed by atoms with Crippen LogP contribution in [-0.2, 0) is 4.79 Å². The monoisotopic (exact) mass is 296 g/mol. The van der Waals surface area contributed by atoms with Crippen LogP contribution in [0.3, 0.4) is 0 Å². The summed E-state index contributed by atoms with van der Waals surface area (Å²) in [6.07, 6.45) is 1.22. The summed E-state index contributed by atoms with van der Waals surface area (Å²) in [6, 6.07) is 0.407. The van der Waals surface area contributed by atoms with Gasteiger partial charge in [0.2, 0.25) is 17.8 Å². The molecule has 0 aromatic carbocycles. The minimum Gasteiger partial charge on any atom is -0.463 e. The SMILES string of the molecule is CCCOc1nc(NC)nc(NCCC(=O)NC(C)C)n1. The number of carbonyl (C=O) groups excluding carboxylic acids is 1. The standard InChI is InChI=1S/C13H24N6O2/c1-5-8-21-13-18-11(14-4)17-12(19-13)15-7-6-10(20)16-9(2)3/h9H,5-8H2,1-4H3,(H,16,20)(H2,14,15,17,18,19). The molecule has 1 rings (SSSR count). The Bertz CT molecular complexity index is 452. The summed E-state index contributed by atoms with van der Waals surface area (Å²) in [4.78, 5) is 23.9. The van der Waals surface area contributed by atoms with Crippen LogP contribution in [0.15, 0.2) is 0 Å². The molecule has 0 saturated carbocycles. The van der Waals surface area contributed by atoms with Crippen molar-refractivity contribution in [1.29, 1.82) is 0 Å². The molecule has 118 valence electrons. The van der Waals surface area contributed by atoms with Crippen molar-refractivity contribution in [3.8, 4) is 6.01 Å². The van der Waals surface area contributed by atoms with Gasteiger partial charge >= 0.3 is 6.01 Å². The molecule has 0 aliphatic carbocycles. The first-order chi connectivity index (χ1) is 10.0. The molecule has 1 aromatic heterocycles. The Kier molecular flexibility index (Phi) is 7.20. The van der Waals surface area contributed by atoms with Crippen molar-refractivity contribution >= 4 is 17.8 Å². The fraction of sp³-hybridized carbons (Fsp3) is 0.692. The summed E-state index contributed by atoms with van der Waals surface area (Å²) in [5.41, 5.74) is 0. The lowest BCUT2D eigenvalue weighted by molar-refractivity contribution is -0.121. The minimum absolute atomic E-state index is 0.0112. The normalized spacial score (nSPS) is 10.3. The van der Waals surface area contributed by atoms with E-state index in [1.54, 1.807) is 7.05 Å². The molecule has 8 nitrogen and oxygen atoms in total. The van der Waals surface area contributed by atoms with E-state index < -0.39 is 0 Å². The number of carbonyl (C=O) groups is 1. The molecule has 0 aliphatic rings. The predicted molar refractivity (Wildman–Crippen MR) is 81.5 cm³/mol. The highest BCUT2D eigenvalue weighted by molar-refractivity contribution is 5.76. The van der Waals surface area contributed by atoms with Gasteiger partial charge in [-0.3, -0.25) is 4.79 Å². The second kappa shape index (κ2) is 8.93. The Hall–Kier alpha value is -2.12. The highest BCUT2D eigenvalue weighted by Gasteiger charge is 2.07. The average Bonchev–Trinajstić information content (AvgIpc) is 2.44. The zero-order valence-corrected chi connectivity index (χ0v) is 13.1. The average molecular weight is 296 g/mol. The van der Waals surface area contributed by atoms with Gasteiger partial charge in [-0.25, -0.2) is 0 Å². The number of amides is 1. The van der Waals surface area contributed by atoms with E-state index in [-0.39, 0.29) is 18.0 Å². The van der Waals surface area contributed by atoms with Gasteiger partial charge in [0.15, 0.2) is 0 Å². The summed E-state index contributed by atoms with van der Waals surface area (Å²) < 4.78 is 5.40. The Labute approximate surface area is 125 Å². The molecule has 0 fully saturated rings. The predicted octanol–water partition coefficient (Wildman–Crippen LogP) is 1.03. The van der Waals surface area contributed by atoms with Crippen LogP contribution in [0.1, 0.15) is 33.6 Å². The van der Waals surface area contributed by atoms with Crippen LogP contribution in [-0.4, -0.2) is 47.1 Å². The van der Waals surface area contributed by atoms with Gasteiger partial charge in [0.05, 0.1) is 6.61 Å². The van der Waals surface area contributed by atoms with Gasteiger partial charge in [0.1, 0.15) is 0 Å². The van der Waals surface area contributed by atoms with E-state index in [0.717, 1.165) is 6.42 Å². The molecule has 8 heteroatoms. The van der Waals surface area contributed by atoms with Crippen LogP contribution in [0.4, 0.5) is 11.9 Å². The third-order valence-electron chi connectivity index (χ3n) is 2.36. The van der Waals surface area contributed by atoms with Crippen LogP contribution >= 0.6 is 0 Å². The number of ether oxygens (including phenoxy) is 1. The summed E-state index contributed by atoms with van der Waals surface area (Å²) in [5, 5.41) is 8.67. The third-order valence-corrected chi connectivity index (χ3v) is 2.36. The Morgan fingerprint density at radius 3 is 2.57 bits per heavy atom. The quantitative estimate of drug-likeness (QED) is 0.625. The lowest BCUT2D eigenvalue weighted by Gasteiger charge is -2.10. The topological polar surface area (TPSA) is 101 Å². The van der Waals surface area contributed by atoms with Crippen molar-refractivity contribution in [2.45, 2.75) is 39.7 Å². The van der Waals surface area contributed by atoms with Crippen molar-refractivity contribution < 1.29 is 9.53 Å². The first-order valence-corrected chi connectivity index (χ1v) is 7.15. The van der Waals surface area contributed by atoms with E-state index in [1.165, 1.54) is 0 Å². The maximum atomic E-state index is 11.5. The molecule has 21 heavy (non-hydrogen) atoms. The Balaban J connectivity index is 2.55. The third kappa shape index (κ3) is 6.73. The molecule has 0 spiro atoms. The molecule has 0 unspecified atom stereocenters. The van der Waals surface area contributed by atoms with Gasteiger partial charge in [-0.2, -0.15) is 15.0 Å². The highest BCUT2D eigenvalue weighted by atomic mass is 16.5. The zero-order chi connectivity index (χ0) is 15.7. The molecule has 0 atom stereocenters. The number of nitrogens with one attached hydrogen (secondary N) is 3. The molecule has 0 aliphatic heterocycles. The second-order valence-electron chi connectivity index (χ2n) is 4.76. The maximum absolute atomic E-state index is 11.5. The van der Waals surface area contributed by atoms with Crippen molar-refractivity contribution in [1.82, 2.24) is 20.3 Å². The highest BCUT2D eigenvalue weighted by Crippen LogP contribution is 2.10. The van der Waals surface area contributed by atoms with E-state index in [9.17, 15) is 4.79 Å². The molecule has 0 radical (unpaired) electrons. The number of nitrogens with zero attached hydrogens (tertiary/aromatic N) is 3. The van der Waals surface area contributed by atoms with E-state index in [0.29, 0.717) is 31.5 Å². The zero-order valence-electron chi connectivity index (χ0n) is 13.1. The fourth-order valence-electron chi connectivity index (χ4n) is 1.49. The van der Waals surface area contributed by atoms with Gasteiger partial charge in [-0.1, -0.05) is 6.92 Å². The lowest BCUT2D eigenvalue weighted by Crippen LogP contribution is -2.31. The first-order valence-electron chi connectivity index (χ1n) is 7.15. The van der Waals surface area contributed by atoms with E-state index >= 15 is 0 Å². The number of rotatable bonds is 9. The lowest BCUT2D eigenvalue weighted by atomic mass is 10.3. The van der Waals surface area contributed by atoms with Gasteiger partial charge in [0.25, 0.3) is 0 Å². The minimum atomic E-state index is -0.0112. The molecular weight excluding hydrogens is 272 g/mol. The van der Waals surface area contributed by atoms with E-state index in [1.807, 2.05) is 20.8 Å². The van der Waals surface area contributed by atoms with Crippen LogP contribution in [0.2, 0.25) is 0 Å². The molecule has 0 bridgehead atoms. The van der Waals surface area contributed by atoms with Crippen molar-refractivity contribution in [2.75, 3.05) is 30.8 Å². The van der Waals surface area contributed by atoms with Gasteiger partial charge in [-0.15, -0.1) is 0 Å². The van der Waals surface area contributed by atoms with Gasteiger partial charge in [0, 0.05) is 26.1 Å². The number of aromatic nitrogens is 3. The van der Waals surface area contributed by atoms with Crippen LogP contribution in [0, 0.1) is 0 Å². The Morgan fingerprint density at radius 2 is 1.95 bits per heavy atom. The summed E-state index contributed by atoms with van der Waals surface area (Å²) in [5.74, 6) is 0.797. The molecule has 0 saturated heterocycles. The number of hydrogen-bond donors (Lipinski definition) is 3. The second-order valence-corrected chi connectivity index (χ2v) is 4.76. The number of hydrogen-bond acceptors (Lipinski definition) is 7. The van der Waals surface area contributed by atoms with E-state index in [2.05, 4.69) is 30.9 Å². The van der Waals surface area contributed by atoms with E-state index in [4.69, 9.17) is 4.74 Å². The van der Waals surface area contributed by atoms with Crippen molar-refractivity contribution in [3.63, 3.8) is 0 Å². The van der Waals surface area contributed by atoms with Crippen LogP contribution in [0.25, 0.3) is 0 Å². The summed E-state index contributed by atoms with van der Waals surface area (Å²) in [6.45, 7) is 6.84. The molecule has 3 N–H and O–H groups in total. The van der Waals surface area contributed by atoms with Crippen molar-refractivity contribution in [3.05, 3.63) is 0 Å². The largest absolute Gasteiger partial charge is 0.463 e. The number of anilines is 2. The molecule has 1 aromatic rings.